The van der Waals surface area contributed by atoms with Gasteiger partial charge in [0.25, 0.3) is 11.6 Å². The number of ether oxygens (including phenoxy) is 1. The molecule has 0 radical (unpaired) electrons. The van der Waals surface area contributed by atoms with Gasteiger partial charge in [0.05, 0.1) is 10.6 Å². The third-order valence-electron chi connectivity index (χ3n) is 3.68. The van der Waals surface area contributed by atoms with Crippen LogP contribution in [-0.2, 0) is 14.3 Å². The molecule has 0 bridgehead atoms. The van der Waals surface area contributed by atoms with Crippen molar-refractivity contribution in [1.82, 2.24) is 4.98 Å². The number of nitrogens with one attached hydrogen (secondary N) is 1. The minimum atomic E-state index is -1.01. The third-order valence-corrected chi connectivity index (χ3v) is 5.27. The largest absolute Gasteiger partial charge is 0.449 e. The van der Waals surface area contributed by atoms with Gasteiger partial charge in [-0.15, -0.1) is 22.7 Å². The van der Waals surface area contributed by atoms with Crippen LogP contribution in [0.2, 0.25) is 0 Å². The summed E-state index contributed by atoms with van der Waals surface area (Å²) < 4.78 is 5.08. The molecule has 0 spiro atoms. The fourth-order valence-corrected chi connectivity index (χ4v) is 3.59. The highest BCUT2D eigenvalue weighted by Gasteiger charge is 2.18. The predicted octanol–water partition coefficient (Wildman–Crippen LogP) is 4.36. The lowest BCUT2D eigenvalue weighted by Gasteiger charge is -2.10. The summed E-state index contributed by atoms with van der Waals surface area (Å²) in [7, 11) is 0. The van der Waals surface area contributed by atoms with Gasteiger partial charge in [-0.05, 0) is 24.4 Å². The van der Waals surface area contributed by atoms with Gasteiger partial charge in [-0.3, -0.25) is 20.2 Å². The summed E-state index contributed by atoms with van der Waals surface area (Å²) in [6, 6.07) is 9.77. The highest BCUT2D eigenvalue weighted by atomic mass is 32.1. The molecule has 148 valence electrons. The highest BCUT2D eigenvalue weighted by Crippen LogP contribution is 2.27. The topological polar surface area (TPSA) is 111 Å². The average Bonchev–Trinajstić information content (AvgIpc) is 3.38. The van der Waals surface area contributed by atoms with Gasteiger partial charge in [0.15, 0.2) is 11.2 Å². The monoisotopic (exact) mass is 429 g/mol. The van der Waals surface area contributed by atoms with Crippen molar-refractivity contribution in [2.75, 3.05) is 5.32 Å². The molecule has 2 heterocycles. The first-order valence-electron chi connectivity index (χ1n) is 8.36. The Kier molecular flexibility index (Phi) is 6.47. The Balaban J connectivity index is 1.58. The van der Waals surface area contributed by atoms with E-state index in [2.05, 4.69) is 10.3 Å². The number of non-ortho nitro benzene ring substituents is 1. The number of nitrogens with zero attached hydrogens (tertiary/aromatic N) is 2. The number of nitro groups is 1. The number of hydrogen-bond acceptors (Lipinski definition) is 8. The molecule has 29 heavy (non-hydrogen) atoms. The smallest absolute Gasteiger partial charge is 0.331 e. The standard InChI is InChI=1S/C19H15N3O5S2/c1-12(27-17(23)8-7-15-6-3-9-28-15)18(24)21-19-20-16(11-29-19)13-4-2-5-14(10-13)22(25)26/h2-12H,1H3,(H,20,21,24)/b8-7+. The second-order valence-corrected chi connectivity index (χ2v) is 7.60. The molecule has 1 N–H and O–H groups in total. The van der Waals surface area contributed by atoms with Crippen molar-refractivity contribution in [2.45, 2.75) is 13.0 Å². The first-order chi connectivity index (χ1) is 13.9. The zero-order valence-electron chi connectivity index (χ0n) is 15.1. The first-order valence-corrected chi connectivity index (χ1v) is 10.1. The van der Waals surface area contributed by atoms with E-state index >= 15 is 0 Å². The van der Waals surface area contributed by atoms with Crippen molar-refractivity contribution in [2.24, 2.45) is 0 Å². The van der Waals surface area contributed by atoms with Crippen molar-refractivity contribution >= 4 is 51.4 Å². The molecule has 0 aliphatic heterocycles. The van der Waals surface area contributed by atoms with Crippen LogP contribution in [0.25, 0.3) is 17.3 Å². The third kappa shape index (κ3) is 5.56. The minimum absolute atomic E-state index is 0.0442. The molecule has 1 aromatic carbocycles. The van der Waals surface area contributed by atoms with Crippen LogP contribution in [0.5, 0.6) is 0 Å². The van der Waals surface area contributed by atoms with Crippen molar-refractivity contribution in [3.05, 3.63) is 68.2 Å². The fraction of sp³-hybridized carbons (Fsp3) is 0.105. The lowest BCUT2D eigenvalue weighted by atomic mass is 10.1. The Hall–Kier alpha value is -3.37. The second-order valence-electron chi connectivity index (χ2n) is 5.76. The number of rotatable bonds is 7. The van der Waals surface area contributed by atoms with Gasteiger partial charge in [0.2, 0.25) is 0 Å². The molecule has 1 atom stereocenters. The zero-order valence-corrected chi connectivity index (χ0v) is 16.7. The van der Waals surface area contributed by atoms with Gasteiger partial charge in [-0.1, -0.05) is 18.2 Å². The number of carbonyl (C=O) groups is 2. The number of hydrogen-bond donors (Lipinski definition) is 1. The number of nitro benzene ring substituents is 1. The van der Waals surface area contributed by atoms with Crippen molar-refractivity contribution in [3.8, 4) is 11.3 Å². The molecule has 10 heteroatoms. The van der Waals surface area contributed by atoms with E-state index in [1.54, 1.807) is 23.6 Å². The Labute approximate surface area is 173 Å². The van der Waals surface area contributed by atoms with E-state index in [1.807, 2.05) is 17.5 Å². The summed E-state index contributed by atoms with van der Waals surface area (Å²) in [5, 5.41) is 17.3. The summed E-state index contributed by atoms with van der Waals surface area (Å²) in [6.07, 6.45) is 1.86. The lowest BCUT2D eigenvalue weighted by molar-refractivity contribution is -0.384. The zero-order chi connectivity index (χ0) is 20.8. The SMILES string of the molecule is CC(OC(=O)/C=C/c1cccs1)C(=O)Nc1nc(-c2cccc([N+](=O)[O-])c2)cs1. The number of benzene rings is 1. The highest BCUT2D eigenvalue weighted by molar-refractivity contribution is 7.14. The number of thiazole rings is 1. The number of amides is 1. The van der Waals surface area contributed by atoms with E-state index in [9.17, 15) is 19.7 Å². The van der Waals surface area contributed by atoms with Crippen molar-refractivity contribution < 1.29 is 19.2 Å². The van der Waals surface area contributed by atoms with Gasteiger partial charge >= 0.3 is 5.97 Å². The summed E-state index contributed by atoms with van der Waals surface area (Å²) in [6.45, 7) is 1.46. The maximum absolute atomic E-state index is 12.2. The molecule has 1 unspecified atom stereocenters. The maximum Gasteiger partial charge on any atom is 0.331 e. The van der Waals surface area contributed by atoms with Crippen LogP contribution in [0.1, 0.15) is 11.8 Å². The molecule has 0 saturated heterocycles. The Morgan fingerprint density at radius 1 is 1.28 bits per heavy atom. The molecule has 2 aromatic heterocycles. The van der Waals surface area contributed by atoms with E-state index in [4.69, 9.17) is 4.74 Å². The molecular formula is C19H15N3O5S2. The molecule has 0 saturated carbocycles. The molecule has 3 rings (SSSR count). The quantitative estimate of drug-likeness (QED) is 0.258. The molecule has 8 nitrogen and oxygen atoms in total. The van der Waals surface area contributed by atoms with Crippen LogP contribution in [-0.4, -0.2) is 27.9 Å². The van der Waals surface area contributed by atoms with Gasteiger partial charge in [0.1, 0.15) is 0 Å². The van der Waals surface area contributed by atoms with Crippen LogP contribution in [0.4, 0.5) is 10.8 Å². The van der Waals surface area contributed by atoms with Crippen LogP contribution < -0.4 is 5.32 Å². The second kappa shape index (κ2) is 9.22. The lowest BCUT2D eigenvalue weighted by Crippen LogP contribution is -2.29. The van der Waals surface area contributed by atoms with E-state index in [0.717, 1.165) is 4.88 Å². The normalized spacial score (nSPS) is 11.9. The Bertz CT molecular complexity index is 1060. The molecule has 0 fully saturated rings. The summed E-state index contributed by atoms with van der Waals surface area (Å²) in [5.74, 6) is -1.15. The number of thiophene rings is 1. The van der Waals surface area contributed by atoms with E-state index < -0.39 is 22.9 Å². The molecule has 3 aromatic rings. The van der Waals surface area contributed by atoms with Crippen LogP contribution in [0.3, 0.4) is 0 Å². The van der Waals surface area contributed by atoms with Crippen LogP contribution in [0, 0.1) is 10.1 Å². The minimum Gasteiger partial charge on any atom is -0.449 e. The van der Waals surface area contributed by atoms with E-state index in [0.29, 0.717) is 16.4 Å². The number of anilines is 1. The maximum atomic E-state index is 12.2. The van der Waals surface area contributed by atoms with Crippen molar-refractivity contribution in [3.63, 3.8) is 0 Å². The van der Waals surface area contributed by atoms with Gasteiger partial charge in [-0.25, -0.2) is 9.78 Å². The predicted molar refractivity (Wildman–Crippen MR) is 112 cm³/mol. The summed E-state index contributed by atoms with van der Waals surface area (Å²) >= 11 is 2.64. The number of esters is 1. The van der Waals surface area contributed by atoms with Gasteiger partial charge < -0.3 is 4.74 Å². The molecule has 1 amide bonds. The van der Waals surface area contributed by atoms with Gasteiger partial charge in [-0.2, -0.15) is 0 Å². The molecule has 0 aliphatic carbocycles. The number of aromatic nitrogens is 1. The van der Waals surface area contributed by atoms with Crippen LogP contribution in [0.15, 0.2) is 53.2 Å². The fourth-order valence-electron chi connectivity index (χ4n) is 2.25. The Morgan fingerprint density at radius 2 is 2.10 bits per heavy atom. The summed E-state index contributed by atoms with van der Waals surface area (Å²) in [4.78, 5) is 39.6. The van der Waals surface area contributed by atoms with Crippen molar-refractivity contribution in [1.29, 1.82) is 0 Å². The Morgan fingerprint density at radius 3 is 2.83 bits per heavy atom. The van der Waals surface area contributed by atoms with Crippen LogP contribution >= 0.6 is 22.7 Å². The number of carbonyl (C=O) groups excluding carboxylic acids is 2. The van der Waals surface area contributed by atoms with Gasteiger partial charge in [0, 0.05) is 34.0 Å². The summed E-state index contributed by atoms with van der Waals surface area (Å²) in [5.41, 5.74) is 1.02. The van der Waals surface area contributed by atoms with E-state index in [1.165, 1.54) is 47.8 Å². The molecular weight excluding hydrogens is 414 g/mol. The van der Waals surface area contributed by atoms with E-state index in [-0.39, 0.29) is 5.69 Å². The first kappa shape index (κ1) is 20.4. The average molecular weight is 429 g/mol. The molecule has 0 aliphatic rings.